The predicted octanol–water partition coefficient (Wildman–Crippen LogP) is 2.91. The molecular formula is C26H26N4O5. The van der Waals surface area contributed by atoms with E-state index < -0.39 is 12.1 Å². The van der Waals surface area contributed by atoms with E-state index in [2.05, 4.69) is 40.0 Å². The number of rotatable bonds is 8. The molecule has 0 radical (unpaired) electrons. The summed E-state index contributed by atoms with van der Waals surface area (Å²) in [4.78, 5) is 36.1. The smallest absolute Gasteiger partial charge is 0.407 e. The Morgan fingerprint density at radius 1 is 1.06 bits per heavy atom. The lowest BCUT2D eigenvalue weighted by molar-refractivity contribution is -0.122. The van der Waals surface area contributed by atoms with E-state index in [0.29, 0.717) is 18.5 Å². The number of hydrogen-bond acceptors (Lipinski definition) is 5. The summed E-state index contributed by atoms with van der Waals surface area (Å²) in [6, 6.07) is 16.3. The van der Waals surface area contributed by atoms with Crippen molar-refractivity contribution in [1.29, 1.82) is 0 Å². The quantitative estimate of drug-likeness (QED) is 0.461. The fourth-order valence-corrected chi connectivity index (χ4v) is 4.86. The molecule has 3 aromatic rings. The van der Waals surface area contributed by atoms with Gasteiger partial charge in [-0.3, -0.25) is 9.48 Å². The summed E-state index contributed by atoms with van der Waals surface area (Å²) in [5.41, 5.74) is 5.15. The second-order valence-corrected chi connectivity index (χ2v) is 8.97. The fraction of sp³-hybridized carbons (Fsp3) is 0.308. The molecule has 1 fully saturated rings. The first kappa shape index (κ1) is 22.6. The van der Waals surface area contributed by atoms with E-state index >= 15 is 0 Å². The van der Waals surface area contributed by atoms with Gasteiger partial charge in [0, 0.05) is 37.5 Å². The Hall–Kier alpha value is -4.14. The number of nitrogens with one attached hydrogen (secondary N) is 2. The fourth-order valence-electron chi connectivity index (χ4n) is 4.86. The molecule has 1 aromatic heterocycles. The Labute approximate surface area is 202 Å². The van der Waals surface area contributed by atoms with Gasteiger partial charge in [0.15, 0.2) is 5.69 Å². The number of ether oxygens (including phenoxy) is 1. The van der Waals surface area contributed by atoms with E-state index in [0.717, 1.165) is 11.1 Å². The van der Waals surface area contributed by atoms with Gasteiger partial charge in [-0.2, -0.15) is 5.10 Å². The molecule has 2 amide bonds. The number of hydrogen-bond donors (Lipinski definition) is 3. The number of carbonyl (C=O) groups excluding carboxylic acids is 2. The van der Waals surface area contributed by atoms with Crippen molar-refractivity contribution in [2.24, 2.45) is 18.9 Å². The van der Waals surface area contributed by atoms with Gasteiger partial charge in [0.1, 0.15) is 6.61 Å². The molecule has 1 saturated carbocycles. The molecule has 2 aliphatic carbocycles. The highest BCUT2D eigenvalue weighted by atomic mass is 16.5. The van der Waals surface area contributed by atoms with Crippen molar-refractivity contribution in [3.05, 3.63) is 77.1 Å². The Kier molecular flexibility index (Phi) is 5.98. The number of amides is 2. The van der Waals surface area contributed by atoms with E-state index in [1.54, 1.807) is 7.05 Å². The lowest BCUT2D eigenvalue weighted by Crippen LogP contribution is -2.30. The number of aryl methyl sites for hydroxylation is 1. The Morgan fingerprint density at radius 3 is 2.37 bits per heavy atom. The summed E-state index contributed by atoms with van der Waals surface area (Å²) >= 11 is 0. The number of nitrogens with zero attached hydrogens (tertiary/aromatic N) is 2. The molecular weight excluding hydrogens is 448 g/mol. The molecule has 3 N–H and O–H groups in total. The number of aromatic nitrogens is 2. The van der Waals surface area contributed by atoms with Crippen LogP contribution in [0.25, 0.3) is 11.1 Å². The van der Waals surface area contributed by atoms with Crippen molar-refractivity contribution in [2.75, 3.05) is 13.2 Å². The minimum Gasteiger partial charge on any atom is -0.477 e. The number of benzene rings is 2. The molecule has 2 atom stereocenters. The third-order valence-electron chi connectivity index (χ3n) is 6.78. The maximum atomic E-state index is 12.4. The predicted molar refractivity (Wildman–Crippen MR) is 127 cm³/mol. The third-order valence-corrected chi connectivity index (χ3v) is 6.78. The van der Waals surface area contributed by atoms with E-state index in [1.165, 1.54) is 22.0 Å². The average Bonchev–Trinajstić information content (AvgIpc) is 3.44. The molecule has 0 bridgehead atoms. The van der Waals surface area contributed by atoms with Crippen LogP contribution in [0.5, 0.6) is 0 Å². The van der Waals surface area contributed by atoms with Crippen molar-refractivity contribution in [3.8, 4) is 11.1 Å². The first-order chi connectivity index (χ1) is 16.9. The molecule has 5 rings (SSSR count). The second kappa shape index (κ2) is 9.25. The third kappa shape index (κ3) is 4.49. The molecule has 9 heteroatoms. The molecule has 0 aliphatic heterocycles. The van der Waals surface area contributed by atoms with Crippen LogP contribution in [-0.2, 0) is 23.1 Å². The molecule has 2 unspecified atom stereocenters. The van der Waals surface area contributed by atoms with Crippen molar-refractivity contribution >= 4 is 18.0 Å². The first-order valence-electron chi connectivity index (χ1n) is 11.5. The summed E-state index contributed by atoms with van der Waals surface area (Å²) in [7, 11) is 1.54. The van der Waals surface area contributed by atoms with E-state index in [1.807, 2.05) is 24.3 Å². The standard InChI is InChI=1S/C26H26N4O5/c1-30-23(25(32)33)16(13-29-30)12-27-24(31)21-10-15(21)11-28-26(34)35-14-22-19-8-4-2-6-17(19)18-7-3-5-9-20(18)22/h2-9,13,15,21-22H,10-12,14H2,1H3,(H,27,31)(H,28,34)(H,32,33). The highest BCUT2D eigenvalue weighted by Crippen LogP contribution is 2.44. The van der Waals surface area contributed by atoms with Crippen LogP contribution >= 0.6 is 0 Å². The number of fused-ring (bicyclic) bond motifs is 3. The van der Waals surface area contributed by atoms with Crippen molar-refractivity contribution < 1.29 is 24.2 Å². The molecule has 2 aliphatic rings. The van der Waals surface area contributed by atoms with E-state index in [-0.39, 0.29) is 42.5 Å². The minimum atomic E-state index is -1.09. The van der Waals surface area contributed by atoms with Crippen LogP contribution in [0.4, 0.5) is 4.79 Å². The molecule has 2 aromatic carbocycles. The molecule has 9 nitrogen and oxygen atoms in total. The Morgan fingerprint density at radius 2 is 1.71 bits per heavy atom. The highest BCUT2D eigenvalue weighted by Gasteiger charge is 2.43. The monoisotopic (exact) mass is 474 g/mol. The zero-order chi connectivity index (χ0) is 24.5. The maximum Gasteiger partial charge on any atom is 0.407 e. The number of alkyl carbamates (subject to hydrolysis) is 1. The largest absolute Gasteiger partial charge is 0.477 e. The summed E-state index contributed by atoms with van der Waals surface area (Å²) in [5.74, 6) is -1.44. The number of carbonyl (C=O) groups is 3. The molecule has 180 valence electrons. The van der Waals surface area contributed by atoms with Crippen LogP contribution < -0.4 is 10.6 Å². The number of carboxylic acids is 1. The zero-order valence-corrected chi connectivity index (χ0v) is 19.2. The first-order valence-corrected chi connectivity index (χ1v) is 11.5. The highest BCUT2D eigenvalue weighted by molar-refractivity contribution is 5.88. The van der Waals surface area contributed by atoms with Crippen molar-refractivity contribution in [1.82, 2.24) is 20.4 Å². The lowest BCUT2D eigenvalue weighted by Gasteiger charge is -2.14. The van der Waals surface area contributed by atoms with Gasteiger partial charge in [0.25, 0.3) is 0 Å². The average molecular weight is 475 g/mol. The maximum absolute atomic E-state index is 12.4. The summed E-state index contributed by atoms with van der Waals surface area (Å²) in [5, 5.41) is 18.7. The van der Waals surface area contributed by atoms with Crippen LogP contribution in [0.1, 0.15) is 39.5 Å². The van der Waals surface area contributed by atoms with E-state index in [9.17, 15) is 19.5 Å². The van der Waals surface area contributed by atoms with E-state index in [4.69, 9.17) is 4.74 Å². The topological polar surface area (TPSA) is 123 Å². The van der Waals surface area contributed by atoms with Crippen LogP contribution in [0.3, 0.4) is 0 Å². The molecule has 0 saturated heterocycles. The molecule has 0 spiro atoms. The van der Waals surface area contributed by atoms with Gasteiger partial charge in [-0.05, 0) is 34.6 Å². The van der Waals surface area contributed by atoms with Crippen LogP contribution in [0, 0.1) is 11.8 Å². The van der Waals surface area contributed by atoms with Crippen molar-refractivity contribution in [2.45, 2.75) is 18.9 Å². The van der Waals surface area contributed by atoms with Crippen molar-refractivity contribution in [3.63, 3.8) is 0 Å². The van der Waals surface area contributed by atoms with Gasteiger partial charge < -0.3 is 20.5 Å². The summed E-state index contributed by atoms with van der Waals surface area (Å²) < 4.78 is 6.81. The van der Waals surface area contributed by atoms with Gasteiger partial charge in [0.05, 0.1) is 6.20 Å². The van der Waals surface area contributed by atoms with Gasteiger partial charge in [-0.1, -0.05) is 48.5 Å². The van der Waals surface area contributed by atoms with Crippen LogP contribution in [0.15, 0.2) is 54.7 Å². The normalized spacial score (nSPS) is 17.9. The number of aromatic carboxylic acids is 1. The second-order valence-electron chi connectivity index (χ2n) is 8.97. The summed E-state index contributed by atoms with van der Waals surface area (Å²) in [6.07, 6.45) is 1.60. The Balaban J connectivity index is 1.08. The van der Waals surface area contributed by atoms with Crippen LogP contribution in [0.2, 0.25) is 0 Å². The SMILES string of the molecule is Cn1ncc(CNC(=O)C2CC2CNC(=O)OCC2c3ccccc3-c3ccccc32)c1C(=O)O. The van der Waals surface area contributed by atoms with Gasteiger partial charge in [-0.15, -0.1) is 0 Å². The zero-order valence-electron chi connectivity index (χ0n) is 19.2. The van der Waals surface area contributed by atoms with Gasteiger partial charge in [-0.25, -0.2) is 9.59 Å². The van der Waals surface area contributed by atoms with Crippen LogP contribution in [-0.4, -0.2) is 46.0 Å². The number of carboxylic acid groups (broad SMARTS) is 1. The summed E-state index contributed by atoms with van der Waals surface area (Å²) in [6.45, 7) is 0.685. The lowest BCUT2D eigenvalue weighted by atomic mass is 9.98. The molecule has 35 heavy (non-hydrogen) atoms. The Bertz CT molecular complexity index is 1250. The van der Waals surface area contributed by atoms with Gasteiger partial charge in [0.2, 0.25) is 5.91 Å². The minimum absolute atomic E-state index is 0.00392. The molecule has 1 heterocycles. The van der Waals surface area contributed by atoms with Gasteiger partial charge >= 0.3 is 12.1 Å².